The Morgan fingerprint density at radius 3 is 2.93 bits per heavy atom. The van der Waals surface area contributed by atoms with Crippen molar-refractivity contribution in [1.82, 2.24) is 15.6 Å². The third-order valence-electron chi connectivity index (χ3n) is 1.66. The monoisotopic (exact) mass is 199 g/mol. The topological polar surface area (TPSA) is 110 Å². The molecule has 0 aliphatic rings. The highest BCUT2D eigenvalue weighted by Gasteiger charge is 2.13. The molecule has 7 nitrogen and oxygen atoms in total. The normalized spacial score (nSPS) is 11.6. The average molecular weight is 199 g/mol. The molecule has 0 aliphatic carbocycles. The number of nitrogen functional groups attached to an aromatic ring is 1. The maximum atomic E-state index is 8.68. The molecule has 0 saturated heterocycles. The van der Waals surface area contributed by atoms with Crippen molar-refractivity contribution in [3.63, 3.8) is 0 Å². The van der Waals surface area contributed by atoms with Gasteiger partial charge in [-0.15, -0.1) is 0 Å². The maximum absolute atomic E-state index is 8.68. The van der Waals surface area contributed by atoms with Crippen LogP contribution in [0.1, 0.15) is 25.5 Å². The van der Waals surface area contributed by atoms with Crippen molar-refractivity contribution in [3.05, 3.63) is 5.69 Å². The van der Waals surface area contributed by atoms with Crippen molar-refractivity contribution >= 4 is 11.7 Å². The molecule has 14 heavy (non-hydrogen) atoms. The summed E-state index contributed by atoms with van der Waals surface area (Å²) in [6, 6.07) is 0. The quantitative estimate of drug-likeness (QED) is 0.210. The van der Waals surface area contributed by atoms with Gasteiger partial charge < -0.3 is 16.3 Å². The fourth-order valence-corrected chi connectivity index (χ4v) is 0.910. The van der Waals surface area contributed by atoms with Crippen LogP contribution in [-0.2, 0) is 0 Å². The number of nitrogens with zero attached hydrogens (tertiary/aromatic N) is 3. The highest BCUT2D eigenvalue weighted by atomic mass is 16.6. The second kappa shape index (κ2) is 5.05. The zero-order valence-corrected chi connectivity index (χ0v) is 7.90. The van der Waals surface area contributed by atoms with Crippen LogP contribution in [0.3, 0.4) is 0 Å². The number of oxime groups is 1. The highest BCUT2D eigenvalue weighted by molar-refractivity contribution is 5.99. The van der Waals surface area contributed by atoms with Crippen LogP contribution in [0.15, 0.2) is 9.78 Å². The van der Waals surface area contributed by atoms with Gasteiger partial charge in [0.25, 0.3) is 0 Å². The number of aromatic nitrogens is 2. The summed E-state index contributed by atoms with van der Waals surface area (Å²) in [4.78, 5) is 0. The molecular weight excluding hydrogens is 186 g/mol. The SMILES string of the molecule is CCCCN/C(=N/O)c1nonc1N. The Morgan fingerprint density at radius 2 is 2.43 bits per heavy atom. The molecule has 1 heterocycles. The largest absolute Gasteiger partial charge is 0.409 e. The number of hydrogen-bond acceptors (Lipinski definition) is 6. The Hall–Kier alpha value is -1.79. The molecule has 1 aromatic heterocycles. The molecule has 0 aromatic carbocycles. The van der Waals surface area contributed by atoms with E-state index in [1.165, 1.54) is 0 Å². The third-order valence-corrected chi connectivity index (χ3v) is 1.66. The van der Waals surface area contributed by atoms with Crippen LogP contribution in [0.4, 0.5) is 5.82 Å². The van der Waals surface area contributed by atoms with Gasteiger partial charge in [0, 0.05) is 6.54 Å². The van der Waals surface area contributed by atoms with E-state index in [1.807, 2.05) is 0 Å². The third kappa shape index (κ3) is 2.35. The van der Waals surface area contributed by atoms with Gasteiger partial charge in [-0.3, -0.25) is 0 Å². The van der Waals surface area contributed by atoms with Gasteiger partial charge in [0.15, 0.2) is 17.3 Å². The molecule has 0 atom stereocenters. The number of hydrogen-bond donors (Lipinski definition) is 3. The summed E-state index contributed by atoms with van der Waals surface area (Å²) in [7, 11) is 0. The Labute approximate surface area is 80.9 Å². The fraction of sp³-hybridized carbons (Fsp3) is 0.571. The number of amidine groups is 1. The van der Waals surface area contributed by atoms with Crippen LogP contribution in [0.25, 0.3) is 0 Å². The molecule has 1 rings (SSSR count). The number of rotatable bonds is 4. The summed E-state index contributed by atoms with van der Waals surface area (Å²) < 4.78 is 4.38. The lowest BCUT2D eigenvalue weighted by atomic mass is 10.3. The zero-order valence-electron chi connectivity index (χ0n) is 7.90. The molecule has 0 radical (unpaired) electrons. The summed E-state index contributed by atoms with van der Waals surface area (Å²) in [6.07, 6.45) is 2.00. The van der Waals surface area contributed by atoms with Crippen molar-refractivity contribution in [1.29, 1.82) is 0 Å². The summed E-state index contributed by atoms with van der Waals surface area (Å²) >= 11 is 0. The standard InChI is InChI=1S/C7H13N5O2/c1-2-3-4-9-7(10-13)5-6(8)12-14-11-5/h13H,2-4H2,1H3,(H2,8,12)(H,9,10). The first-order valence-corrected chi connectivity index (χ1v) is 4.34. The van der Waals surface area contributed by atoms with E-state index in [2.05, 4.69) is 32.3 Å². The van der Waals surface area contributed by atoms with E-state index in [0.29, 0.717) is 6.54 Å². The van der Waals surface area contributed by atoms with Crippen molar-refractivity contribution < 1.29 is 9.84 Å². The van der Waals surface area contributed by atoms with Gasteiger partial charge in [-0.2, -0.15) is 0 Å². The summed E-state index contributed by atoms with van der Waals surface area (Å²) in [5.41, 5.74) is 5.65. The highest BCUT2D eigenvalue weighted by Crippen LogP contribution is 2.04. The molecule has 0 bridgehead atoms. The van der Waals surface area contributed by atoms with E-state index in [0.717, 1.165) is 12.8 Å². The molecule has 1 aromatic rings. The predicted octanol–water partition coefficient (Wildman–Crippen LogP) is 0.177. The van der Waals surface area contributed by atoms with Crippen LogP contribution >= 0.6 is 0 Å². The van der Waals surface area contributed by atoms with Crippen LogP contribution in [0, 0.1) is 0 Å². The van der Waals surface area contributed by atoms with Gasteiger partial charge in [0.1, 0.15) is 0 Å². The van der Waals surface area contributed by atoms with Crippen molar-refractivity contribution in [3.8, 4) is 0 Å². The lowest BCUT2D eigenvalue weighted by Gasteiger charge is -2.03. The second-order valence-corrected chi connectivity index (χ2v) is 2.73. The Balaban J connectivity index is 2.60. The van der Waals surface area contributed by atoms with E-state index >= 15 is 0 Å². The molecule has 0 fully saturated rings. The first-order chi connectivity index (χ1) is 6.79. The molecule has 0 spiro atoms. The Bertz CT molecular complexity index is 309. The summed E-state index contributed by atoms with van der Waals surface area (Å²) in [5.74, 6) is 0.277. The first-order valence-electron chi connectivity index (χ1n) is 4.34. The molecule has 4 N–H and O–H groups in total. The number of nitrogens with two attached hydrogens (primary N) is 1. The van der Waals surface area contributed by atoms with Gasteiger partial charge in [-0.05, 0) is 16.7 Å². The van der Waals surface area contributed by atoms with Gasteiger partial charge in [0.2, 0.25) is 0 Å². The second-order valence-electron chi connectivity index (χ2n) is 2.73. The van der Waals surface area contributed by atoms with E-state index in [9.17, 15) is 0 Å². The molecule has 7 heteroatoms. The van der Waals surface area contributed by atoms with Crippen LogP contribution in [0.5, 0.6) is 0 Å². The molecule has 0 aliphatic heterocycles. The van der Waals surface area contributed by atoms with Gasteiger partial charge in [-0.1, -0.05) is 18.5 Å². The molecule has 0 unspecified atom stereocenters. The lowest BCUT2D eigenvalue weighted by Crippen LogP contribution is -2.26. The van der Waals surface area contributed by atoms with E-state index in [4.69, 9.17) is 10.9 Å². The molecule has 0 saturated carbocycles. The van der Waals surface area contributed by atoms with Crippen LogP contribution in [0.2, 0.25) is 0 Å². The van der Waals surface area contributed by atoms with Crippen LogP contribution < -0.4 is 11.1 Å². The number of nitrogens with one attached hydrogen (secondary N) is 1. The molecule has 78 valence electrons. The van der Waals surface area contributed by atoms with Crippen molar-refractivity contribution in [2.45, 2.75) is 19.8 Å². The predicted molar refractivity (Wildman–Crippen MR) is 49.9 cm³/mol. The summed E-state index contributed by atoms with van der Waals surface area (Å²) in [6.45, 7) is 2.74. The first kappa shape index (κ1) is 10.3. The summed E-state index contributed by atoms with van der Waals surface area (Å²) in [5, 5.41) is 21.5. The fourth-order valence-electron chi connectivity index (χ4n) is 0.910. The molecule has 0 amide bonds. The van der Waals surface area contributed by atoms with E-state index in [-0.39, 0.29) is 17.3 Å². The van der Waals surface area contributed by atoms with Crippen LogP contribution in [-0.4, -0.2) is 27.9 Å². The zero-order chi connectivity index (χ0) is 10.4. The lowest BCUT2D eigenvalue weighted by molar-refractivity contribution is 0.304. The number of anilines is 1. The van der Waals surface area contributed by atoms with Gasteiger partial charge in [0.05, 0.1) is 0 Å². The average Bonchev–Trinajstić information content (AvgIpc) is 2.60. The Morgan fingerprint density at radius 1 is 1.64 bits per heavy atom. The number of unbranched alkanes of at least 4 members (excludes halogenated alkanes) is 1. The van der Waals surface area contributed by atoms with Crippen molar-refractivity contribution in [2.75, 3.05) is 12.3 Å². The van der Waals surface area contributed by atoms with E-state index < -0.39 is 0 Å². The van der Waals surface area contributed by atoms with Crippen molar-refractivity contribution in [2.24, 2.45) is 5.16 Å². The minimum absolute atomic E-state index is 0.0989. The van der Waals surface area contributed by atoms with E-state index in [1.54, 1.807) is 0 Å². The van der Waals surface area contributed by atoms with Gasteiger partial charge >= 0.3 is 0 Å². The Kier molecular flexibility index (Phi) is 3.71. The minimum atomic E-state index is 0.0989. The van der Waals surface area contributed by atoms with Gasteiger partial charge in [-0.25, -0.2) is 4.63 Å². The maximum Gasteiger partial charge on any atom is 0.199 e. The molecular formula is C7H13N5O2. The minimum Gasteiger partial charge on any atom is -0.409 e. The smallest absolute Gasteiger partial charge is 0.199 e.